The summed E-state index contributed by atoms with van der Waals surface area (Å²) in [6.07, 6.45) is 4.84. The summed E-state index contributed by atoms with van der Waals surface area (Å²) in [6, 6.07) is 4.86. The molecule has 0 saturated carbocycles. The van der Waals surface area contributed by atoms with Gasteiger partial charge in [0, 0.05) is 13.1 Å². The molecule has 1 heterocycles. The third-order valence-corrected chi connectivity index (χ3v) is 3.57. The second-order valence-corrected chi connectivity index (χ2v) is 5.04. The molecule has 5 heteroatoms. The first-order valence-electron chi connectivity index (χ1n) is 7.08. The fraction of sp³-hybridized carbons (Fsp3) is 0.533. The molecule has 0 unspecified atom stereocenters. The Morgan fingerprint density at radius 1 is 1.30 bits per heavy atom. The number of hydrogen-bond donors (Lipinski definition) is 1. The number of methoxy groups -OCH3 is 1. The quantitative estimate of drug-likeness (QED) is 0.683. The molecule has 1 aliphatic heterocycles. The van der Waals surface area contributed by atoms with Crippen LogP contribution in [-0.4, -0.2) is 31.1 Å². The van der Waals surface area contributed by atoms with Crippen molar-refractivity contribution in [1.82, 2.24) is 4.90 Å². The van der Waals surface area contributed by atoms with Crippen LogP contribution in [0.5, 0.6) is 5.75 Å². The van der Waals surface area contributed by atoms with E-state index in [-0.39, 0.29) is 11.6 Å². The van der Waals surface area contributed by atoms with Gasteiger partial charge in [0.05, 0.1) is 13.7 Å². The van der Waals surface area contributed by atoms with Crippen LogP contribution in [0.1, 0.15) is 31.2 Å². The van der Waals surface area contributed by atoms with Crippen molar-refractivity contribution in [3.63, 3.8) is 0 Å². The molecular weight excluding hydrogens is 257 g/mol. The van der Waals surface area contributed by atoms with Gasteiger partial charge in [-0.25, -0.2) is 9.38 Å². The summed E-state index contributed by atoms with van der Waals surface area (Å²) in [4.78, 5) is 6.49. The molecule has 2 rings (SSSR count). The highest BCUT2D eigenvalue weighted by Gasteiger charge is 2.10. The van der Waals surface area contributed by atoms with Crippen LogP contribution in [0.15, 0.2) is 23.2 Å². The van der Waals surface area contributed by atoms with Crippen LogP contribution in [0.3, 0.4) is 0 Å². The van der Waals surface area contributed by atoms with Gasteiger partial charge in [0.25, 0.3) is 0 Å². The number of likely N-dealkylation sites (tertiary alicyclic amines) is 1. The van der Waals surface area contributed by atoms with Gasteiger partial charge in [-0.15, -0.1) is 0 Å². The number of benzene rings is 1. The van der Waals surface area contributed by atoms with Crippen LogP contribution in [0.2, 0.25) is 0 Å². The van der Waals surface area contributed by atoms with Crippen molar-refractivity contribution in [3.8, 4) is 5.75 Å². The first kappa shape index (κ1) is 14.6. The number of nitrogens with zero attached hydrogens (tertiary/aromatic N) is 2. The summed E-state index contributed by atoms with van der Waals surface area (Å²) in [5.41, 5.74) is 6.81. The zero-order chi connectivity index (χ0) is 14.4. The summed E-state index contributed by atoms with van der Waals surface area (Å²) >= 11 is 0. The minimum Gasteiger partial charge on any atom is -0.494 e. The Labute approximate surface area is 119 Å². The third-order valence-electron chi connectivity index (χ3n) is 3.57. The van der Waals surface area contributed by atoms with Crippen LogP contribution in [0.4, 0.5) is 4.39 Å². The number of nitrogens with two attached hydrogens (primary N) is 1. The predicted molar refractivity (Wildman–Crippen MR) is 78.3 cm³/mol. The number of guanidine groups is 1. The highest BCUT2D eigenvalue weighted by molar-refractivity contribution is 5.78. The summed E-state index contributed by atoms with van der Waals surface area (Å²) in [6.45, 7) is 2.32. The zero-order valence-electron chi connectivity index (χ0n) is 11.9. The Kier molecular flexibility index (Phi) is 5.21. The maximum atomic E-state index is 13.6. The van der Waals surface area contributed by atoms with Gasteiger partial charge >= 0.3 is 0 Å². The van der Waals surface area contributed by atoms with Crippen molar-refractivity contribution in [1.29, 1.82) is 0 Å². The van der Waals surface area contributed by atoms with Gasteiger partial charge in [-0.05, 0) is 30.5 Å². The summed E-state index contributed by atoms with van der Waals surface area (Å²) < 4.78 is 18.5. The second-order valence-electron chi connectivity index (χ2n) is 5.04. The van der Waals surface area contributed by atoms with Gasteiger partial charge in [-0.2, -0.15) is 0 Å². The molecule has 1 aromatic rings. The van der Waals surface area contributed by atoms with Crippen molar-refractivity contribution in [2.75, 3.05) is 20.2 Å². The van der Waals surface area contributed by atoms with Crippen LogP contribution >= 0.6 is 0 Å². The molecule has 0 amide bonds. The van der Waals surface area contributed by atoms with Crippen LogP contribution in [-0.2, 0) is 6.54 Å². The van der Waals surface area contributed by atoms with Crippen LogP contribution in [0, 0.1) is 5.82 Å². The molecule has 1 aromatic carbocycles. The fourth-order valence-electron chi connectivity index (χ4n) is 2.38. The molecule has 4 nitrogen and oxygen atoms in total. The molecule has 1 fully saturated rings. The highest BCUT2D eigenvalue weighted by atomic mass is 19.1. The average Bonchev–Trinajstić information content (AvgIpc) is 2.74. The number of halogens is 1. The Bertz CT molecular complexity index is 468. The molecule has 0 bridgehead atoms. The summed E-state index contributed by atoms with van der Waals surface area (Å²) in [7, 11) is 1.45. The molecule has 1 aliphatic rings. The highest BCUT2D eigenvalue weighted by Crippen LogP contribution is 2.18. The predicted octanol–water partition coefficient (Wildman–Crippen LogP) is 2.53. The summed E-state index contributed by atoms with van der Waals surface area (Å²) in [5.74, 6) is 0.440. The Balaban J connectivity index is 1.98. The van der Waals surface area contributed by atoms with E-state index in [1.165, 1.54) is 26.0 Å². The van der Waals surface area contributed by atoms with Crippen LogP contribution < -0.4 is 10.5 Å². The van der Waals surface area contributed by atoms with Crippen molar-refractivity contribution in [2.45, 2.75) is 32.2 Å². The van der Waals surface area contributed by atoms with E-state index in [0.29, 0.717) is 12.5 Å². The lowest BCUT2D eigenvalue weighted by Gasteiger charge is -2.21. The lowest BCUT2D eigenvalue weighted by Crippen LogP contribution is -2.38. The molecule has 1 saturated heterocycles. The number of ether oxygens (including phenoxy) is 1. The van der Waals surface area contributed by atoms with Gasteiger partial charge in [-0.1, -0.05) is 18.9 Å². The van der Waals surface area contributed by atoms with Gasteiger partial charge in [0.1, 0.15) is 0 Å². The topological polar surface area (TPSA) is 50.9 Å². The van der Waals surface area contributed by atoms with E-state index in [1.54, 1.807) is 12.1 Å². The minimum atomic E-state index is -0.367. The number of aliphatic imine (C=N–C) groups is 1. The molecule has 0 aromatic heterocycles. The number of hydrogen-bond acceptors (Lipinski definition) is 2. The number of rotatable bonds is 3. The third kappa shape index (κ3) is 3.85. The fourth-order valence-corrected chi connectivity index (χ4v) is 2.38. The smallest absolute Gasteiger partial charge is 0.191 e. The SMILES string of the molecule is COc1ccc(CN=C(N)N2CCCCCC2)cc1F. The Morgan fingerprint density at radius 2 is 2.00 bits per heavy atom. The molecule has 20 heavy (non-hydrogen) atoms. The van der Waals surface area contributed by atoms with E-state index in [0.717, 1.165) is 31.5 Å². The summed E-state index contributed by atoms with van der Waals surface area (Å²) in [5, 5.41) is 0. The Hall–Kier alpha value is -1.78. The molecule has 110 valence electrons. The largest absolute Gasteiger partial charge is 0.494 e. The Morgan fingerprint density at radius 3 is 2.60 bits per heavy atom. The van der Waals surface area contributed by atoms with Crippen LogP contribution in [0.25, 0.3) is 0 Å². The first-order valence-corrected chi connectivity index (χ1v) is 7.08. The first-order chi connectivity index (χ1) is 9.70. The van der Waals surface area contributed by atoms with E-state index in [2.05, 4.69) is 9.89 Å². The van der Waals surface area contributed by atoms with Crippen molar-refractivity contribution in [3.05, 3.63) is 29.6 Å². The van der Waals surface area contributed by atoms with E-state index < -0.39 is 0 Å². The molecule has 0 radical (unpaired) electrons. The van der Waals surface area contributed by atoms with Gasteiger partial charge in [-0.3, -0.25) is 0 Å². The van der Waals surface area contributed by atoms with Gasteiger partial charge < -0.3 is 15.4 Å². The van der Waals surface area contributed by atoms with E-state index in [1.807, 2.05) is 0 Å². The molecule has 0 spiro atoms. The van der Waals surface area contributed by atoms with Crippen molar-refractivity contribution < 1.29 is 9.13 Å². The van der Waals surface area contributed by atoms with Crippen molar-refractivity contribution >= 4 is 5.96 Å². The maximum absolute atomic E-state index is 13.6. The molecule has 2 N–H and O–H groups in total. The minimum absolute atomic E-state index is 0.248. The monoisotopic (exact) mass is 279 g/mol. The standard InChI is InChI=1S/C15H22FN3O/c1-20-14-7-6-12(10-13(14)16)11-18-15(17)19-8-4-2-3-5-9-19/h6-7,10H,2-5,8-9,11H2,1H3,(H2,17,18). The van der Waals surface area contributed by atoms with E-state index in [9.17, 15) is 4.39 Å². The second kappa shape index (κ2) is 7.12. The van der Waals surface area contributed by atoms with E-state index in [4.69, 9.17) is 10.5 Å². The molecule has 0 aliphatic carbocycles. The molecular formula is C15H22FN3O. The average molecular weight is 279 g/mol. The lowest BCUT2D eigenvalue weighted by molar-refractivity contribution is 0.386. The van der Waals surface area contributed by atoms with Crippen molar-refractivity contribution in [2.24, 2.45) is 10.7 Å². The maximum Gasteiger partial charge on any atom is 0.191 e. The normalized spacial score (nSPS) is 16.9. The van der Waals surface area contributed by atoms with Gasteiger partial charge in [0.2, 0.25) is 0 Å². The van der Waals surface area contributed by atoms with E-state index >= 15 is 0 Å². The molecule has 0 atom stereocenters. The zero-order valence-corrected chi connectivity index (χ0v) is 11.9. The lowest BCUT2D eigenvalue weighted by atomic mass is 10.2. The van der Waals surface area contributed by atoms with Gasteiger partial charge in [0.15, 0.2) is 17.5 Å².